The number of hydrogen-bond acceptors (Lipinski definition) is 4. The molecule has 0 saturated carbocycles. The number of ether oxygens (including phenoxy) is 1. The number of halogens is 1. The van der Waals surface area contributed by atoms with Gasteiger partial charge in [0.2, 0.25) is 5.91 Å². The number of nitrogens with zero attached hydrogens (tertiary/aromatic N) is 2. The van der Waals surface area contributed by atoms with Gasteiger partial charge in [-0.3, -0.25) is 14.5 Å². The SMILES string of the molecule is COc1ccc(C(=O)CCC(=O)N2CCN3CCCC[C@@H]3C2)cc1F. The molecule has 5 nitrogen and oxygen atoms in total. The van der Waals surface area contributed by atoms with Crippen LogP contribution >= 0.6 is 0 Å². The predicted octanol–water partition coefficient (Wildman–Crippen LogP) is 2.49. The van der Waals surface area contributed by atoms with Crippen LogP contribution in [0.1, 0.15) is 42.5 Å². The summed E-state index contributed by atoms with van der Waals surface area (Å²) in [5, 5.41) is 0. The Hall–Kier alpha value is -1.95. The maximum absolute atomic E-state index is 13.7. The Kier molecular flexibility index (Phi) is 5.68. The highest BCUT2D eigenvalue weighted by atomic mass is 19.1. The molecule has 0 N–H and O–H groups in total. The highest BCUT2D eigenvalue weighted by molar-refractivity contribution is 5.98. The van der Waals surface area contributed by atoms with E-state index in [-0.39, 0.29) is 35.8 Å². The third-order valence-electron chi connectivity index (χ3n) is 5.23. The van der Waals surface area contributed by atoms with Gasteiger partial charge in [-0.1, -0.05) is 6.42 Å². The molecule has 6 heteroatoms. The number of hydrogen-bond donors (Lipinski definition) is 0. The lowest BCUT2D eigenvalue weighted by atomic mass is 9.99. The molecule has 0 unspecified atom stereocenters. The summed E-state index contributed by atoms with van der Waals surface area (Å²) in [6.45, 7) is 3.56. The first-order valence-electron chi connectivity index (χ1n) is 8.97. The van der Waals surface area contributed by atoms with Crippen molar-refractivity contribution < 1.29 is 18.7 Å². The molecule has 0 spiro atoms. The van der Waals surface area contributed by atoms with Crippen LogP contribution in [-0.2, 0) is 4.79 Å². The maximum atomic E-state index is 13.7. The normalized spacial score (nSPS) is 20.9. The highest BCUT2D eigenvalue weighted by Crippen LogP contribution is 2.22. The summed E-state index contributed by atoms with van der Waals surface area (Å²) >= 11 is 0. The van der Waals surface area contributed by atoms with E-state index in [4.69, 9.17) is 4.74 Å². The van der Waals surface area contributed by atoms with Gasteiger partial charge in [-0.2, -0.15) is 0 Å². The lowest BCUT2D eigenvalue weighted by Crippen LogP contribution is -2.56. The molecule has 0 aliphatic carbocycles. The number of benzene rings is 1. The van der Waals surface area contributed by atoms with Crippen LogP contribution in [-0.4, -0.2) is 60.8 Å². The minimum Gasteiger partial charge on any atom is -0.494 e. The Morgan fingerprint density at radius 2 is 2.04 bits per heavy atom. The quantitative estimate of drug-likeness (QED) is 0.767. The number of piperidine rings is 1. The lowest BCUT2D eigenvalue weighted by Gasteiger charge is -2.44. The van der Waals surface area contributed by atoms with Gasteiger partial charge in [0, 0.05) is 44.1 Å². The van der Waals surface area contributed by atoms with E-state index in [1.807, 2.05) is 4.90 Å². The van der Waals surface area contributed by atoms with Gasteiger partial charge in [0.1, 0.15) is 0 Å². The van der Waals surface area contributed by atoms with Gasteiger partial charge in [-0.05, 0) is 37.6 Å². The van der Waals surface area contributed by atoms with E-state index in [1.54, 1.807) is 0 Å². The molecule has 1 atom stereocenters. The molecule has 1 aromatic carbocycles. The first-order chi connectivity index (χ1) is 12.1. The van der Waals surface area contributed by atoms with E-state index in [0.29, 0.717) is 6.04 Å². The van der Waals surface area contributed by atoms with E-state index < -0.39 is 5.82 Å². The standard InChI is InChI=1S/C19H25FN2O3/c1-25-18-7-5-14(12-16(18)20)17(23)6-8-19(24)22-11-10-21-9-3-2-4-15(21)13-22/h5,7,12,15H,2-4,6,8-11,13H2,1H3/t15-/m1/s1. The molecule has 0 bridgehead atoms. The smallest absolute Gasteiger partial charge is 0.223 e. The average molecular weight is 348 g/mol. The second-order valence-electron chi connectivity index (χ2n) is 6.80. The number of amides is 1. The number of rotatable bonds is 5. The van der Waals surface area contributed by atoms with Gasteiger partial charge < -0.3 is 9.64 Å². The minimum absolute atomic E-state index is 0.0209. The van der Waals surface area contributed by atoms with Crippen LogP contribution in [0.2, 0.25) is 0 Å². The molecule has 1 aromatic rings. The van der Waals surface area contributed by atoms with Gasteiger partial charge >= 0.3 is 0 Å². The zero-order valence-corrected chi connectivity index (χ0v) is 14.7. The first-order valence-corrected chi connectivity index (χ1v) is 8.97. The van der Waals surface area contributed by atoms with Gasteiger partial charge in [-0.15, -0.1) is 0 Å². The van der Waals surface area contributed by atoms with Crippen LogP contribution in [0.25, 0.3) is 0 Å². The monoisotopic (exact) mass is 348 g/mol. The summed E-state index contributed by atoms with van der Waals surface area (Å²) < 4.78 is 18.6. The lowest BCUT2D eigenvalue weighted by molar-refractivity contribution is -0.134. The van der Waals surface area contributed by atoms with E-state index >= 15 is 0 Å². The third-order valence-corrected chi connectivity index (χ3v) is 5.23. The van der Waals surface area contributed by atoms with E-state index in [1.165, 1.54) is 38.2 Å². The highest BCUT2D eigenvalue weighted by Gasteiger charge is 2.30. The number of carbonyl (C=O) groups excluding carboxylic acids is 2. The van der Waals surface area contributed by atoms with Crippen molar-refractivity contribution in [2.75, 3.05) is 33.3 Å². The van der Waals surface area contributed by atoms with E-state index in [0.717, 1.165) is 32.6 Å². The summed E-state index contributed by atoms with van der Waals surface area (Å²) in [6, 6.07) is 4.62. The molecule has 136 valence electrons. The molecule has 3 rings (SSSR count). The maximum Gasteiger partial charge on any atom is 0.223 e. The topological polar surface area (TPSA) is 49.9 Å². The predicted molar refractivity (Wildman–Crippen MR) is 92.3 cm³/mol. The molecule has 1 amide bonds. The van der Waals surface area contributed by atoms with E-state index in [9.17, 15) is 14.0 Å². The fourth-order valence-corrected chi connectivity index (χ4v) is 3.75. The molecular weight excluding hydrogens is 323 g/mol. The van der Waals surface area contributed by atoms with Crippen molar-refractivity contribution in [3.05, 3.63) is 29.6 Å². The summed E-state index contributed by atoms with van der Waals surface area (Å²) in [5.41, 5.74) is 0.281. The van der Waals surface area contributed by atoms with Crippen LogP contribution in [0.5, 0.6) is 5.75 Å². The summed E-state index contributed by atoms with van der Waals surface area (Å²) in [6.07, 6.45) is 3.91. The van der Waals surface area contributed by atoms with Crippen molar-refractivity contribution in [2.45, 2.75) is 38.1 Å². The Bertz CT molecular complexity index is 650. The van der Waals surface area contributed by atoms with Gasteiger partial charge in [0.05, 0.1) is 7.11 Å². The third kappa shape index (κ3) is 4.18. The Labute approximate surface area is 147 Å². The van der Waals surface area contributed by atoms with Gasteiger partial charge in [0.15, 0.2) is 17.3 Å². The number of carbonyl (C=O) groups is 2. The molecule has 0 aromatic heterocycles. The molecule has 0 radical (unpaired) electrons. The van der Waals surface area contributed by atoms with Crippen molar-refractivity contribution >= 4 is 11.7 Å². The Morgan fingerprint density at radius 3 is 2.80 bits per heavy atom. The summed E-state index contributed by atoms with van der Waals surface area (Å²) in [5.74, 6) is -0.648. The fraction of sp³-hybridized carbons (Fsp3) is 0.579. The molecule has 2 aliphatic rings. The second kappa shape index (κ2) is 7.95. The molecular formula is C19H25FN2O3. The van der Waals surface area contributed by atoms with Crippen molar-refractivity contribution in [1.29, 1.82) is 0 Å². The number of ketones is 1. The number of fused-ring (bicyclic) bond motifs is 1. The Morgan fingerprint density at radius 1 is 1.20 bits per heavy atom. The number of piperazine rings is 1. The summed E-state index contributed by atoms with van der Waals surface area (Å²) in [7, 11) is 1.38. The zero-order chi connectivity index (χ0) is 17.8. The van der Waals surface area contributed by atoms with Crippen LogP contribution in [0.3, 0.4) is 0 Å². The molecule has 2 saturated heterocycles. The van der Waals surface area contributed by atoms with Crippen LogP contribution < -0.4 is 4.74 Å². The molecule has 25 heavy (non-hydrogen) atoms. The number of methoxy groups -OCH3 is 1. The Balaban J connectivity index is 1.51. The van der Waals surface area contributed by atoms with Crippen molar-refractivity contribution in [1.82, 2.24) is 9.80 Å². The van der Waals surface area contributed by atoms with Crippen molar-refractivity contribution in [2.24, 2.45) is 0 Å². The molecule has 2 fully saturated rings. The van der Waals surface area contributed by atoms with Gasteiger partial charge in [0.25, 0.3) is 0 Å². The van der Waals surface area contributed by atoms with Crippen LogP contribution in [0.4, 0.5) is 4.39 Å². The van der Waals surface area contributed by atoms with Crippen LogP contribution in [0, 0.1) is 5.82 Å². The minimum atomic E-state index is -0.562. The van der Waals surface area contributed by atoms with Crippen LogP contribution in [0.15, 0.2) is 18.2 Å². The second-order valence-corrected chi connectivity index (χ2v) is 6.80. The van der Waals surface area contributed by atoms with Crippen molar-refractivity contribution in [3.8, 4) is 5.75 Å². The number of Topliss-reactive ketones (excluding diaryl/α,β-unsaturated/α-hetero) is 1. The average Bonchev–Trinajstić information content (AvgIpc) is 2.65. The van der Waals surface area contributed by atoms with Crippen molar-refractivity contribution in [3.63, 3.8) is 0 Å². The first kappa shape index (κ1) is 17.9. The van der Waals surface area contributed by atoms with E-state index in [2.05, 4.69) is 4.90 Å². The molecule has 2 aliphatic heterocycles. The largest absolute Gasteiger partial charge is 0.494 e. The molecule has 2 heterocycles. The summed E-state index contributed by atoms with van der Waals surface area (Å²) in [4.78, 5) is 29.0. The zero-order valence-electron chi connectivity index (χ0n) is 14.7. The van der Waals surface area contributed by atoms with Gasteiger partial charge in [-0.25, -0.2) is 4.39 Å². The fourth-order valence-electron chi connectivity index (χ4n) is 3.75.